The first-order chi connectivity index (χ1) is 17.7. The zero-order valence-corrected chi connectivity index (χ0v) is 21.2. The maximum atomic E-state index is 14.0. The van der Waals surface area contributed by atoms with Crippen LogP contribution in [0.1, 0.15) is 35.4 Å². The third kappa shape index (κ3) is 6.05. The molecule has 0 aliphatic carbocycles. The van der Waals surface area contributed by atoms with E-state index in [0.717, 1.165) is 23.4 Å². The first-order valence-electron chi connectivity index (χ1n) is 11.7. The fourth-order valence-electron chi connectivity index (χ4n) is 4.17. The molecule has 1 N–H and O–H groups in total. The number of piperidine rings is 1. The Labute approximate surface area is 214 Å². The number of carbonyl (C=O) groups is 1. The summed E-state index contributed by atoms with van der Waals surface area (Å²) in [6.45, 7) is 2.18. The van der Waals surface area contributed by atoms with Crippen LogP contribution in [0.15, 0.2) is 51.9 Å². The minimum Gasteiger partial charge on any atom is -0.497 e. The van der Waals surface area contributed by atoms with Crippen molar-refractivity contribution in [3.05, 3.63) is 76.7 Å². The Kier molecular flexibility index (Phi) is 8.03. The summed E-state index contributed by atoms with van der Waals surface area (Å²) in [6, 6.07) is 10.4. The molecule has 1 aliphatic heterocycles. The van der Waals surface area contributed by atoms with Gasteiger partial charge in [-0.15, -0.1) is 0 Å². The molecule has 2 heterocycles. The van der Waals surface area contributed by atoms with Crippen molar-refractivity contribution in [1.29, 1.82) is 0 Å². The SMILES string of the molecule is COc1ccc(CNC(=O)C2CCN(S(=O)(=O)c3c(C)noc3C=Cc3ccc(F)cc3F)CC2)cc1. The van der Waals surface area contributed by atoms with Gasteiger partial charge in [0.25, 0.3) is 0 Å². The van der Waals surface area contributed by atoms with Crippen LogP contribution in [0.3, 0.4) is 0 Å². The summed E-state index contributed by atoms with van der Waals surface area (Å²) in [5.41, 5.74) is 1.16. The van der Waals surface area contributed by atoms with Crippen molar-refractivity contribution in [2.45, 2.75) is 31.2 Å². The number of nitrogens with one attached hydrogen (secondary N) is 1. The van der Waals surface area contributed by atoms with Crippen LogP contribution in [-0.2, 0) is 21.4 Å². The van der Waals surface area contributed by atoms with Gasteiger partial charge in [-0.25, -0.2) is 17.2 Å². The van der Waals surface area contributed by atoms with E-state index in [2.05, 4.69) is 10.5 Å². The van der Waals surface area contributed by atoms with Crippen LogP contribution in [0.5, 0.6) is 5.75 Å². The number of hydrogen-bond donors (Lipinski definition) is 1. The molecular weight excluding hydrogens is 504 g/mol. The van der Waals surface area contributed by atoms with Gasteiger partial charge in [-0.3, -0.25) is 4.79 Å². The van der Waals surface area contributed by atoms with Crippen molar-refractivity contribution < 1.29 is 31.3 Å². The number of methoxy groups -OCH3 is 1. The van der Waals surface area contributed by atoms with Gasteiger partial charge < -0.3 is 14.6 Å². The van der Waals surface area contributed by atoms with Crippen molar-refractivity contribution in [2.75, 3.05) is 20.2 Å². The number of rotatable bonds is 8. The van der Waals surface area contributed by atoms with Crippen LogP contribution >= 0.6 is 0 Å². The normalized spacial score (nSPS) is 15.2. The minimum absolute atomic E-state index is 0.0550. The van der Waals surface area contributed by atoms with Crippen molar-refractivity contribution in [2.24, 2.45) is 5.92 Å². The van der Waals surface area contributed by atoms with Crippen molar-refractivity contribution in [3.63, 3.8) is 0 Å². The topological polar surface area (TPSA) is 102 Å². The fourth-order valence-corrected chi connectivity index (χ4v) is 5.89. The number of amides is 1. The van der Waals surface area contributed by atoms with Gasteiger partial charge in [0.05, 0.1) is 7.11 Å². The summed E-state index contributed by atoms with van der Waals surface area (Å²) < 4.78 is 65.6. The highest BCUT2D eigenvalue weighted by Gasteiger charge is 2.35. The quantitative estimate of drug-likeness (QED) is 0.469. The second-order valence-electron chi connectivity index (χ2n) is 8.70. The van der Waals surface area contributed by atoms with E-state index in [4.69, 9.17) is 9.26 Å². The lowest BCUT2D eigenvalue weighted by atomic mass is 9.97. The van der Waals surface area contributed by atoms with E-state index in [-0.39, 0.29) is 46.8 Å². The Bertz CT molecular complexity index is 1400. The Morgan fingerprint density at radius 1 is 1.16 bits per heavy atom. The molecule has 1 amide bonds. The van der Waals surface area contributed by atoms with Crippen LogP contribution in [0.2, 0.25) is 0 Å². The molecule has 0 unspecified atom stereocenters. The van der Waals surface area contributed by atoms with Crippen LogP contribution in [0.25, 0.3) is 12.2 Å². The number of ether oxygens (including phenoxy) is 1. The summed E-state index contributed by atoms with van der Waals surface area (Å²) >= 11 is 0. The van der Waals surface area contributed by atoms with Crippen LogP contribution in [-0.4, -0.2) is 44.0 Å². The molecule has 196 valence electrons. The predicted octanol–water partition coefficient (Wildman–Crippen LogP) is 4.16. The largest absolute Gasteiger partial charge is 0.497 e. The lowest BCUT2D eigenvalue weighted by Gasteiger charge is -2.30. The van der Waals surface area contributed by atoms with Gasteiger partial charge in [0.2, 0.25) is 15.9 Å². The number of aryl methyl sites for hydroxylation is 1. The van der Waals surface area contributed by atoms with Crippen LogP contribution in [0, 0.1) is 24.5 Å². The standard InChI is InChI=1S/C26H27F2N3O5S/c1-17-25(24(36-30-17)10-6-19-5-7-21(27)15-23(19)28)37(33,34)31-13-11-20(12-14-31)26(32)29-16-18-3-8-22(35-2)9-4-18/h3-10,15,20H,11-14,16H2,1-2H3,(H,29,32). The first-order valence-corrected chi connectivity index (χ1v) is 13.1. The summed E-state index contributed by atoms with van der Waals surface area (Å²) in [4.78, 5) is 12.5. The number of nitrogens with zero attached hydrogens (tertiary/aromatic N) is 2. The Morgan fingerprint density at radius 3 is 2.51 bits per heavy atom. The lowest BCUT2D eigenvalue weighted by molar-refractivity contribution is -0.126. The second-order valence-corrected chi connectivity index (χ2v) is 10.6. The number of sulfonamides is 1. The summed E-state index contributed by atoms with van der Waals surface area (Å²) in [7, 11) is -2.40. The maximum absolute atomic E-state index is 14.0. The highest BCUT2D eigenvalue weighted by Crippen LogP contribution is 2.29. The molecule has 2 aromatic carbocycles. The molecule has 1 aliphatic rings. The molecule has 3 aromatic rings. The van der Waals surface area contributed by atoms with Gasteiger partial charge in [0.15, 0.2) is 10.7 Å². The maximum Gasteiger partial charge on any atom is 0.248 e. The Balaban J connectivity index is 1.39. The van der Waals surface area contributed by atoms with Gasteiger partial charge in [0.1, 0.15) is 23.1 Å². The van der Waals surface area contributed by atoms with Gasteiger partial charge in [-0.1, -0.05) is 17.3 Å². The zero-order chi connectivity index (χ0) is 26.6. The molecule has 0 bridgehead atoms. The number of aromatic nitrogens is 1. The van der Waals surface area contributed by atoms with Gasteiger partial charge in [-0.2, -0.15) is 4.31 Å². The Morgan fingerprint density at radius 2 is 1.86 bits per heavy atom. The van der Waals surface area contributed by atoms with E-state index in [1.807, 2.05) is 24.3 Å². The third-order valence-corrected chi connectivity index (χ3v) is 8.32. The smallest absolute Gasteiger partial charge is 0.248 e. The van der Waals surface area contributed by atoms with Gasteiger partial charge >= 0.3 is 0 Å². The van der Waals surface area contributed by atoms with E-state index >= 15 is 0 Å². The first kappa shape index (κ1) is 26.5. The molecule has 11 heteroatoms. The van der Waals surface area contributed by atoms with Gasteiger partial charge in [-0.05, 0) is 61.7 Å². The second kappa shape index (κ2) is 11.2. The molecule has 8 nitrogen and oxygen atoms in total. The fraction of sp³-hybridized carbons (Fsp3) is 0.308. The van der Waals surface area contributed by atoms with Crippen molar-refractivity contribution >= 4 is 28.1 Å². The molecule has 0 saturated carbocycles. The molecule has 1 aromatic heterocycles. The molecule has 0 radical (unpaired) electrons. The van der Waals surface area contributed by atoms with E-state index < -0.39 is 21.7 Å². The molecule has 0 atom stereocenters. The summed E-state index contributed by atoms with van der Waals surface area (Å²) in [6.07, 6.45) is 3.32. The Hall–Kier alpha value is -3.57. The molecule has 4 rings (SSSR count). The van der Waals surface area contributed by atoms with E-state index in [0.29, 0.717) is 19.4 Å². The molecule has 0 spiro atoms. The van der Waals surface area contributed by atoms with E-state index in [9.17, 15) is 22.0 Å². The highest BCUT2D eigenvalue weighted by atomic mass is 32.2. The van der Waals surface area contributed by atoms with E-state index in [1.165, 1.54) is 29.4 Å². The lowest BCUT2D eigenvalue weighted by Crippen LogP contribution is -2.43. The molecular formula is C26H27F2N3O5S. The predicted molar refractivity (Wildman–Crippen MR) is 133 cm³/mol. The molecule has 1 saturated heterocycles. The van der Waals surface area contributed by atoms with Crippen molar-refractivity contribution in [1.82, 2.24) is 14.8 Å². The monoisotopic (exact) mass is 531 g/mol. The van der Waals surface area contributed by atoms with Crippen molar-refractivity contribution in [3.8, 4) is 5.75 Å². The van der Waals surface area contributed by atoms with Gasteiger partial charge in [0, 0.05) is 37.2 Å². The van der Waals surface area contributed by atoms with Crippen LogP contribution < -0.4 is 10.1 Å². The van der Waals surface area contributed by atoms with Crippen LogP contribution in [0.4, 0.5) is 8.78 Å². The highest BCUT2D eigenvalue weighted by molar-refractivity contribution is 7.89. The average Bonchev–Trinajstić information content (AvgIpc) is 3.28. The minimum atomic E-state index is -3.98. The summed E-state index contributed by atoms with van der Waals surface area (Å²) in [5, 5.41) is 6.69. The molecule has 37 heavy (non-hydrogen) atoms. The molecule has 1 fully saturated rings. The third-order valence-electron chi connectivity index (χ3n) is 6.26. The van der Waals surface area contributed by atoms with E-state index in [1.54, 1.807) is 7.11 Å². The summed E-state index contributed by atoms with van der Waals surface area (Å²) in [5.74, 6) is -1.27. The number of carbonyl (C=O) groups excluding carboxylic acids is 1. The number of benzene rings is 2. The zero-order valence-electron chi connectivity index (χ0n) is 20.4. The average molecular weight is 532 g/mol. The number of hydrogen-bond acceptors (Lipinski definition) is 6. The number of halogens is 2.